The summed E-state index contributed by atoms with van der Waals surface area (Å²) in [5.41, 5.74) is 1.10. The van der Waals surface area contributed by atoms with Crippen LogP contribution in [-0.2, 0) is 27.4 Å². The summed E-state index contributed by atoms with van der Waals surface area (Å²) in [5.74, 6) is -0.239. The van der Waals surface area contributed by atoms with Crippen LogP contribution in [0.4, 0.5) is 0 Å². The van der Waals surface area contributed by atoms with E-state index < -0.39 is 0 Å². The van der Waals surface area contributed by atoms with Gasteiger partial charge in [0, 0.05) is 25.8 Å². The van der Waals surface area contributed by atoms with Crippen LogP contribution in [-0.4, -0.2) is 53.3 Å². The standard InChI is InChI=1S/C12H19N3O3/c1-3-14-9-13-6-10(14)7-15-4-5-18-8-11(15)12(16)17-2/h6,9,11H,3-5,7-8H2,1-2H3. The first-order valence-corrected chi connectivity index (χ1v) is 6.15. The number of aromatic nitrogens is 2. The zero-order valence-corrected chi connectivity index (χ0v) is 10.8. The van der Waals surface area contributed by atoms with E-state index in [-0.39, 0.29) is 12.0 Å². The summed E-state index contributed by atoms with van der Waals surface area (Å²) >= 11 is 0. The number of hydrogen-bond donors (Lipinski definition) is 0. The van der Waals surface area contributed by atoms with Gasteiger partial charge < -0.3 is 14.0 Å². The molecule has 0 aliphatic carbocycles. The second-order valence-corrected chi connectivity index (χ2v) is 4.26. The highest BCUT2D eigenvalue weighted by molar-refractivity contribution is 5.75. The molecule has 1 aromatic heterocycles. The number of esters is 1. The van der Waals surface area contributed by atoms with Gasteiger partial charge in [0.05, 0.1) is 32.3 Å². The van der Waals surface area contributed by atoms with E-state index in [4.69, 9.17) is 9.47 Å². The molecule has 0 amide bonds. The smallest absolute Gasteiger partial charge is 0.325 e. The molecule has 6 heteroatoms. The molecule has 0 saturated carbocycles. The van der Waals surface area contributed by atoms with Crippen molar-refractivity contribution in [3.63, 3.8) is 0 Å². The molecular weight excluding hydrogens is 234 g/mol. The second kappa shape index (κ2) is 5.97. The quantitative estimate of drug-likeness (QED) is 0.721. The maximum atomic E-state index is 11.7. The Morgan fingerprint density at radius 3 is 3.22 bits per heavy atom. The summed E-state index contributed by atoms with van der Waals surface area (Å²) < 4.78 is 12.2. The predicted molar refractivity (Wildman–Crippen MR) is 64.9 cm³/mol. The predicted octanol–water partition coefficient (Wildman–Crippen LogP) is 0.277. The molecule has 18 heavy (non-hydrogen) atoms. The Hall–Kier alpha value is -1.40. The lowest BCUT2D eigenvalue weighted by atomic mass is 10.2. The lowest BCUT2D eigenvalue weighted by Gasteiger charge is -2.33. The van der Waals surface area contributed by atoms with E-state index in [1.165, 1.54) is 7.11 Å². The fraction of sp³-hybridized carbons (Fsp3) is 0.667. The molecule has 1 aromatic rings. The fourth-order valence-corrected chi connectivity index (χ4v) is 2.15. The molecule has 0 radical (unpaired) electrons. The summed E-state index contributed by atoms with van der Waals surface area (Å²) in [5, 5.41) is 0. The average molecular weight is 253 g/mol. The zero-order chi connectivity index (χ0) is 13.0. The Morgan fingerprint density at radius 2 is 2.50 bits per heavy atom. The van der Waals surface area contributed by atoms with E-state index in [2.05, 4.69) is 21.4 Å². The van der Waals surface area contributed by atoms with Crippen LogP contribution >= 0.6 is 0 Å². The fourth-order valence-electron chi connectivity index (χ4n) is 2.15. The number of nitrogens with zero attached hydrogens (tertiary/aromatic N) is 3. The summed E-state index contributed by atoms with van der Waals surface area (Å²) in [4.78, 5) is 17.9. The number of morpholine rings is 1. The lowest BCUT2D eigenvalue weighted by Crippen LogP contribution is -2.50. The largest absolute Gasteiger partial charge is 0.468 e. The minimum atomic E-state index is -0.316. The summed E-state index contributed by atoms with van der Waals surface area (Å²) in [6, 6.07) is -0.316. The molecule has 1 unspecified atom stereocenters. The van der Waals surface area contributed by atoms with Crippen molar-refractivity contribution in [2.24, 2.45) is 0 Å². The molecule has 1 fully saturated rings. The van der Waals surface area contributed by atoms with Crippen molar-refractivity contribution in [2.45, 2.75) is 26.1 Å². The van der Waals surface area contributed by atoms with Crippen LogP contribution in [0.5, 0.6) is 0 Å². The normalized spacial score (nSPS) is 20.9. The van der Waals surface area contributed by atoms with Gasteiger partial charge in [-0.05, 0) is 6.92 Å². The lowest BCUT2D eigenvalue weighted by molar-refractivity contribution is -0.153. The van der Waals surface area contributed by atoms with Gasteiger partial charge in [-0.1, -0.05) is 0 Å². The van der Waals surface area contributed by atoms with Crippen LogP contribution in [0.3, 0.4) is 0 Å². The molecular formula is C12H19N3O3. The molecule has 2 rings (SSSR count). The first kappa shape index (κ1) is 13.0. The summed E-state index contributed by atoms with van der Waals surface area (Å²) in [6.45, 7) is 5.41. The van der Waals surface area contributed by atoms with Gasteiger partial charge in [-0.3, -0.25) is 9.69 Å². The highest BCUT2D eigenvalue weighted by Crippen LogP contribution is 2.13. The van der Waals surface area contributed by atoms with Crippen molar-refractivity contribution in [3.05, 3.63) is 18.2 Å². The number of ether oxygens (including phenoxy) is 2. The van der Waals surface area contributed by atoms with E-state index in [9.17, 15) is 4.79 Å². The van der Waals surface area contributed by atoms with E-state index in [0.717, 1.165) is 18.8 Å². The Kier molecular flexibility index (Phi) is 4.33. The topological polar surface area (TPSA) is 56.6 Å². The van der Waals surface area contributed by atoms with Crippen LogP contribution in [0.15, 0.2) is 12.5 Å². The van der Waals surface area contributed by atoms with Crippen LogP contribution in [0.2, 0.25) is 0 Å². The number of rotatable bonds is 4. The van der Waals surface area contributed by atoms with Gasteiger partial charge in [-0.25, -0.2) is 4.98 Å². The Labute approximate surface area is 106 Å². The van der Waals surface area contributed by atoms with Gasteiger partial charge in [-0.15, -0.1) is 0 Å². The molecule has 0 spiro atoms. The number of carbonyl (C=O) groups excluding carboxylic acids is 1. The van der Waals surface area contributed by atoms with Gasteiger partial charge in [0.25, 0.3) is 0 Å². The molecule has 1 atom stereocenters. The maximum Gasteiger partial charge on any atom is 0.325 e. The third kappa shape index (κ3) is 2.70. The minimum absolute atomic E-state index is 0.239. The van der Waals surface area contributed by atoms with Crippen molar-refractivity contribution < 1.29 is 14.3 Å². The van der Waals surface area contributed by atoms with Gasteiger partial charge in [-0.2, -0.15) is 0 Å². The number of aryl methyl sites for hydroxylation is 1. The molecule has 1 saturated heterocycles. The van der Waals surface area contributed by atoms with Crippen molar-refractivity contribution in [3.8, 4) is 0 Å². The van der Waals surface area contributed by atoms with Crippen LogP contribution in [0, 0.1) is 0 Å². The van der Waals surface area contributed by atoms with E-state index in [1.54, 1.807) is 0 Å². The maximum absolute atomic E-state index is 11.7. The SMILES string of the molecule is CCn1cncc1CN1CCOCC1C(=O)OC. The zero-order valence-electron chi connectivity index (χ0n) is 10.8. The van der Waals surface area contributed by atoms with Crippen molar-refractivity contribution >= 4 is 5.97 Å². The number of imidazole rings is 1. The number of methoxy groups -OCH3 is 1. The van der Waals surface area contributed by atoms with Crippen LogP contribution < -0.4 is 0 Å². The molecule has 100 valence electrons. The van der Waals surface area contributed by atoms with Gasteiger partial charge in [0.15, 0.2) is 0 Å². The molecule has 1 aliphatic heterocycles. The second-order valence-electron chi connectivity index (χ2n) is 4.26. The Morgan fingerprint density at radius 1 is 1.67 bits per heavy atom. The van der Waals surface area contributed by atoms with Crippen LogP contribution in [0.25, 0.3) is 0 Å². The van der Waals surface area contributed by atoms with Crippen LogP contribution in [0.1, 0.15) is 12.6 Å². The van der Waals surface area contributed by atoms with E-state index >= 15 is 0 Å². The summed E-state index contributed by atoms with van der Waals surface area (Å²) in [6.07, 6.45) is 3.65. The van der Waals surface area contributed by atoms with Gasteiger partial charge in [0.2, 0.25) is 0 Å². The molecule has 0 bridgehead atoms. The van der Waals surface area contributed by atoms with Crippen molar-refractivity contribution in [1.82, 2.24) is 14.5 Å². The number of hydrogen-bond acceptors (Lipinski definition) is 5. The highest BCUT2D eigenvalue weighted by Gasteiger charge is 2.30. The Bertz CT molecular complexity index is 405. The van der Waals surface area contributed by atoms with Gasteiger partial charge >= 0.3 is 5.97 Å². The number of carbonyl (C=O) groups is 1. The minimum Gasteiger partial charge on any atom is -0.468 e. The van der Waals surface area contributed by atoms with Gasteiger partial charge in [0.1, 0.15) is 6.04 Å². The monoisotopic (exact) mass is 253 g/mol. The molecule has 1 aliphatic rings. The van der Waals surface area contributed by atoms with Crippen molar-refractivity contribution in [1.29, 1.82) is 0 Å². The first-order chi connectivity index (χ1) is 8.76. The Balaban J connectivity index is 2.08. The molecule has 0 N–H and O–H groups in total. The highest BCUT2D eigenvalue weighted by atomic mass is 16.5. The van der Waals surface area contributed by atoms with E-state index in [0.29, 0.717) is 19.8 Å². The third-order valence-electron chi connectivity index (χ3n) is 3.22. The average Bonchev–Trinajstić information content (AvgIpc) is 2.86. The molecule has 0 aromatic carbocycles. The molecule has 2 heterocycles. The van der Waals surface area contributed by atoms with Crippen molar-refractivity contribution in [2.75, 3.05) is 26.9 Å². The molecule has 6 nitrogen and oxygen atoms in total. The summed E-state index contributed by atoms with van der Waals surface area (Å²) in [7, 11) is 1.41. The first-order valence-electron chi connectivity index (χ1n) is 6.15. The third-order valence-corrected chi connectivity index (χ3v) is 3.22. The van der Waals surface area contributed by atoms with E-state index in [1.807, 2.05) is 12.5 Å².